The molecule has 2 aromatic rings. The molecule has 0 unspecified atom stereocenters. The first-order chi connectivity index (χ1) is 14.3. The first kappa shape index (κ1) is 20.2. The molecule has 1 aromatic heterocycles. The maximum Gasteiger partial charge on any atom is 0.271 e. The summed E-state index contributed by atoms with van der Waals surface area (Å²) in [4.78, 5) is 17.9. The van der Waals surface area contributed by atoms with Crippen molar-refractivity contribution in [2.75, 3.05) is 13.4 Å². The molecule has 160 valence electrons. The van der Waals surface area contributed by atoms with Crippen molar-refractivity contribution >= 4 is 34.2 Å². The zero-order valence-electron chi connectivity index (χ0n) is 17.2. The fourth-order valence-corrected chi connectivity index (χ4v) is 5.88. The third kappa shape index (κ3) is 3.49. The van der Waals surface area contributed by atoms with Crippen LogP contribution in [0.2, 0.25) is 5.02 Å². The Bertz CT molecular complexity index is 1090. The summed E-state index contributed by atoms with van der Waals surface area (Å²) in [6.45, 7) is 7.42. The molecule has 30 heavy (non-hydrogen) atoms. The molecule has 0 spiro atoms. The molecule has 1 saturated heterocycles. The number of nitrogens with one attached hydrogen (secondary N) is 1. The van der Waals surface area contributed by atoms with Gasteiger partial charge in [0.25, 0.3) is 5.56 Å². The summed E-state index contributed by atoms with van der Waals surface area (Å²) >= 11 is 7.96. The van der Waals surface area contributed by atoms with Gasteiger partial charge in [0.2, 0.25) is 0 Å². The monoisotopic (exact) mass is 449 g/mol. The molecule has 0 aliphatic carbocycles. The minimum atomic E-state index is -0.249. The van der Waals surface area contributed by atoms with E-state index < -0.39 is 0 Å². The molecule has 0 bridgehead atoms. The van der Waals surface area contributed by atoms with Gasteiger partial charge in [-0.3, -0.25) is 14.6 Å². The predicted octanol–water partition coefficient (Wildman–Crippen LogP) is 4.71. The second-order valence-corrected chi connectivity index (χ2v) is 10.3. The summed E-state index contributed by atoms with van der Waals surface area (Å²) in [5.74, 6) is 1.45. The normalized spacial score (nSPS) is 25.1. The van der Waals surface area contributed by atoms with E-state index in [9.17, 15) is 4.79 Å². The zero-order valence-corrected chi connectivity index (χ0v) is 18.7. The summed E-state index contributed by atoms with van der Waals surface area (Å²) in [6.07, 6.45) is 1.64. The molecule has 3 aliphatic rings. The second kappa shape index (κ2) is 7.44. The number of H-pyrrole nitrogens is 1. The van der Waals surface area contributed by atoms with Gasteiger partial charge in [-0.25, -0.2) is 4.99 Å². The minimum absolute atomic E-state index is 0.121. The molecule has 0 radical (unpaired) electrons. The van der Waals surface area contributed by atoms with Crippen LogP contribution in [0.5, 0.6) is 5.75 Å². The van der Waals surface area contributed by atoms with Crippen LogP contribution in [0.25, 0.3) is 0 Å². The van der Waals surface area contributed by atoms with Crippen molar-refractivity contribution in [2.45, 2.75) is 57.1 Å². The van der Waals surface area contributed by atoms with Gasteiger partial charge in [0.15, 0.2) is 12.6 Å². The lowest BCUT2D eigenvalue weighted by Gasteiger charge is -2.36. The van der Waals surface area contributed by atoms with Crippen molar-refractivity contribution in [1.29, 1.82) is 0 Å². The standard InChI is InChI=1S/C21H24ClN3O4S/c1-11-23-19-16(20(26)24-25(19)14-4-5-29-21(2,3)8-14)18(30-11)15-7-13(22)6-12-9-27-10-28-17(12)15/h6-7,14,18H,4-5,8-10H2,1-3H3,(H,24,26)/t14-,18-/m0/s1. The Morgan fingerprint density at radius 3 is 3.00 bits per heavy atom. The van der Waals surface area contributed by atoms with Crippen LogP contribution >= 0.6 is 23.4 Å². The first-order valence-electron chi connectivity index (χ1n) is 10.1. The topological polar surface area (TPSA) is 77.8 Å². The van der Waals surface area contributed by atoms with Crippen LogP contribution in [0.3, 0.4) is 0 Å². The fraction of sp³-hybridized carbons (Fsp3) is 0.524. The number of fused-ring (bicyclic) bond motifs is 2. The highest BCUT2D eigenvalue weighted by molar-refractivity contribution is 8.14. The molecule has 9 heteroatoms. The second-order valence-electron chi connectivity index (χ2n) is 8.53. The van der Waals surface area contributed by atoms with Gasteiger partial charge in [-0.2, -0.15) is 0 Å². The summed E-state index contributed by atoms with van der Waals surface area (Å²) in [5, 5.41) is 4.31. The van der Waals surface area contributed by atoms with E-state index in [0.29, 0.717) is 29.6 Å². The van der Waals surface area contributed by atoms with Crippen LogP contribution < -0.4 is 10.3 Å². The van der Waals surface area contributed by atoms with Gasteiger partial charge < -0.3 is 14.2 Å². The van der Waals surface area contributed by atoms with Crippen molar-refractivity contribution in [3.05, 3.63) is 44.2 Å². The predicted molar refractivity (Wildman–Crippen MR) is 117 cm³/mol. The Labute approximate surface area is 183 Å². The van der Waals surface area contributed by atoms with Crippen LogP contribution in [0, 0.1) is 0 Å². The first-order valence-corrected chi connectivity index (χ1v) is 11.3. The van der Waals surface area contributed by atoms with E-state index in [-0.39, 0.29) is 29.2 Å². The molecule has 5 rings (SSSR count). The molecule has 2 atom stereocenters. The highest BCUT2D eigenvalue weighted by atomic mass is 35.5. The Morgan fingerprint density at radius 2 is 2.20 bits per heavy atom. The van der Waals surface area contributed by atoms with Crippen molar-refractivity contribution < 1.29 is 14.2 Å². The van der Waals surface area contributed by atoms with E-state index >= 15 is 0 Å². The average Bonchev–Trinajstić information content (AvgIpc) is 3.02. The smallest absolute Gasteiger partial charge is 0.271 e. The van der Waals surface area contributed by atoms with Gasteiger partial charge >= 0.3 is 0 Å². The summed E-state index contributed by atoms with van der Waals surface area (Å²) in [6, 6.07) is 3.87. The maximum absolute atomic E-state index is 13.1. The number of thioether (sulfide) groups is 1. The Balaban J connectivity index is 1.63. The van der Waals surface area contributed by atoms with Gasteiger partial charge in [0.05, 0.1) is 34.1 Å². The number of halogens is 1. The number of aromatic nitrogens is 2. The van der Waals surface area contributed by atoms with Gasteiger partial charge in [0.1, 0.15) is 5.75 Å². The fourth-order valence-electron chi connectivity index (χ4n) is 4.52. The van der Waals surface area contributed by atoms with E-state index in [2.05, 4.69) is 18.9 Å². The Hall–Kier alpha value is -1.74. The molecule has 0 amide bonds. The maximum atomic E-state index is 13.1. The van der Waals surface area contributed by atoms with Gasteiger partial charge in [-0.1, -0.05) is 23.4 Å². The summed E-state index contributed by atoms with van der Waals surface area (Å²) < 4.78 is 19.1. The van der Waals surface area contributed by atoms with Crippen LogP contribution in [0.1, 0.15) is 61.6 Å². The van der Waals surface area contributed by atoms with E-state index in [1.165, 1.54) is 0 Å². The Morgan fingerprint density at radius 1 is 1.37 bits per heavy atom. The van der Waals surface area contributed by atoms with Gasteiger partial charge in [-0.15, -0.1) is 0 Å². The average molecular weight is 450 g/mol. The SMILES string of the molecule is CC1=Nc2c(c(=O)[nH]n2[C@H]2CCOC(C)(C)C2)[C@H](c2cc(Cl)cc3c2OCOC3)S1. The van der Waals surface area contributed by atoms with Crippen molar-refractivity contribution in [3.8, 4) is 5.75 Å². The lowest BCUT2D eigenvalue weighted by atomic mass is 9.94. The van der Waals surface area contributed by atoms with Crippen molar-refractivity contribution in [3.63, 3.8) is 0 Å². The van der Waals surface area contributed by atoms with Crippen molar-refractivity contribution in [2.24, 2.45) is 4.99 Å². The Kier molecular flexibility index (Phi) is 5.01. The number of aromatic amines is 1. The lowest BCUT2D eigenvalue weighted by molar-refractivity contribution is -0.0705. The number of benzene rings is 1. The van der Waals surface area contributed by atoms with E-state index in [4.69, 9.17) is 30.8 Å². The highest BCUT2D eigenvalue weighted by Crippen LogP contribution is 2.49. The number of aliphatic imine (C=N–C) groups is 1. The number of nitrogens with zero attached hydrogens (tertiary/aromatic N) is 2. The molecular formula is C21H24ClN3O4S. The molecule has 1 aromatic carbocycles. The third-order valence-electron chi connectivity index (χ3n) is 5.77. The number of ether oxygens (including phenoxy) is 3. The number of hydrogen-bond donors (Lipinski definition) is 1. The summed E-state index contributed by atoms with van der Waals surface area (Å²) in [7, 11) is 0. The highest BCUT2D eigenvalue weighted by Gasteiger charge is 2.37. The van der Waals surface area contributed by atoms with Crippen LogP contribution in [0.4, 0.5) is 5.82 Å². The lowest BCUT2D eigenvalue weighted by Crippen LogP contribution is -2.35. The van der Waals surface area contributed by atoms with Crippen molar-refractivity contribution in [1.82, 2.24) is 9.78 Å². The molecule has 7 nitrogen and oxygen atoms in total. The molecular weight excluding hydrogens is 426 g/mol. The van der Waals surface area contributed by atoms with Crippen LogP contribution in [0.15, 0.2) is 21.9 Å². The van der Waals surface area contributed by atoms with E-state index in [1.54, 1.807) is 11.8 Å². The summed E-state index contributed by atoms with van der Waals surface area (Å²) in [5.41, 5.74) is 2.07. The van der Waals surface area contributed by atoms with E-state index in [0.717, 1.165) is 34.8 Å². The van der Waals surface area contributed by atoms with Gasteiger partial charge in [0, 0.05) is 22.8 Å². The molecule has 0 saturated carbocycles. The number of hydrogen-bond acceptors (Lipinski definition) is 6. The largest absolute Gasteiger partial charge is 0.467 e. The molecule has 1 N–H and O–H groups in total. The van der Waals surface area contributed by atoms with E-state index in [1.807, 2.05) is 23.7 Å². The van der Waals surface area contributed by atoms with Crippen LogP contribution in [-0.2, 0) is 16.1 Å². The molecule has 1 fully saturated rings. The molecule has 4 heterocycles. The zero-order chi connectivity index (χ0) is 21.0. The quantitative estimate of drug-likeness (QED) is 0.718. The van der Waals surface area contributed by atoms with Crippen LogP contribution in [-0.4, -0.2) is 33.8 Å². The van der Waals surface area contributed by atoms with Gasteiger partial charge in [-0.05, 0) is 45.7 Å². The molecule has 3 aliphatic heterocycles. The minimum Gasteiger partial charge on any atom is -0.467 e. The number of rotatable bonds is 2. The third-order valence-corrected chi connectivity index (χ3v) is 7.15.